The molecule has 2 heterocycles. The van der Waals surface area contributed by atoms with Crippen LogP contribution in [-0.2, 0) is 11.3 Å². The lowest BCUT2D eigenvalue weighted by Gasteiger charge is -2.32. The number of ether oxygens (including phenoxy) is 1. The molecule has 2 rings (SSSR count). The Morgan fingerprint density at radius 1 is 1.42 bits per heavy atom. The first-order valence-electron chi connectivity index (χ1n) is 7.23. The normalized spacial score (nSPS) is 16.8. The lowest BCUT2D eigenvalue weighted by molar-refractivity contribution is 0.139. The third-order valence-electron chi connectivity index (χ3n) is 3.73. The molecule has 0 radical (unpaired) electrons. The molecule has 0 spiro atoms. The summed E-state index contributed by atoms with van der Waals surface area (Å²) >= 11 is 0. The van der Waals surface area contributed by atoms with Gasteiger partial charge in [-0.15, -0.1) is 0 Å². The summed E-state index contributed by atoms with van der Waals surface area (Å²) in [5.74, 6) is 1.83. The van der Waals surface area contributed by atoms with E-state index in [1.165, 1.54) is 18.4 Å². The first-order valence-corrected chi connectivity index (χ1v) is 7.23. The van der Waals surface area contributed by atoms with Gasteiger partial charge in [0.05, 0.1) is 0 Å². The van der Waals surface area contributed by atoms with Crippen LogP contribution in [0.4, 0.5) is 5.82 Å². The number of aromatic nitrogens is 1. The van der Waals surface area contributed by atoms with E-state index in [2.05, 4.69) is 34.3 Å². The van der Waals surface area contributed by atoms with Crippen LogP contribution in [0.25, 0.3) is 0 Å². The summed E-state index contributed by atoms with van der Waals surface area (Å²) < 4.78 is 5.24. The summed E-state index contributed by atoms with van der Waals surface area (Å²) in [6.45, 7) is 7.12. The molecule has 1 aliphatic rings. The molecule has 0 aromatic carbocycles. The van der Waals surface area contributed by atoms with E-state index < -0.39 is 0 Å². The van der Waals surface area contributed by atoms with Gasteiger partial charge in [0.1, 0.15) is 5.82 Å². The molecule has 4 heteroatoms. The number of methoxy groups -OCH3 is 1. The number of nitrogens with one attached hydrogen (secondary N) is 1. The molecule has 1 aromatic heterocycles. The molecule has 0 aliphatic carbocycles. The Hall–Kier alpha value is -1.13. The number of hydrogen-bond acceptors (Lipinski definition) is 4. The highest BCUT2D eigenvalue weighted by Gasteiger charge is 2.19. The van der Waals surface area contributed by atoms with Gasteiger partial charge in [-0.25, -0.2) is 4.98 Å². The van der Waals surface area contributed by atoms with Crippen molar-refractivity contribution in [3.05, 3.63) is 23.9 Å². The molecule has 0 atom stereocenters. The zero-order chi connectivity index (χ0) is 13.5. The number of nitrogens with zero attached hydrogens (tertiary/aromatic N) is 2. The predicted molar refractivity (Wildman–Crippen MR) is 78.4 cm³/mol. The number of pyridine rings is 1. The molecule has 1 aliphatic heterocycles. The zero-order valence-corrected chi connectivity index (χ0v) is 12.1. The Kier molecular flexibility index (Phi) is 5.61. The predicted octanol–water partition coefficient (Wildman–Crippen LogP) is 2.05. The van der Waals surface area contributed by atoms with Gasteiger partial charge in [0.15, 0.2) is 0 Å². The van der Waals surface area contributed by atoms with Crippen molar-refractivity contribution in [3.63, 3.8) is 0 Å². The minimum atomic E-state index is 0.714. The molecule has 4 nitrogen and oxygen atoms in total. The van der Waals surface area contributed by atoms with Gasteiger partial charge in [-0.1, -0.05) is 6.92 Å². The molecule has 0 amide bonds. The summed E-state index contributed by atoms with van der Waals surface area (Å²) in [4.78, 5) is 6.90. The number of hydrogen-bond donors (Lipinski definition) is 1. The number of rotatable bonds is 6. The highest BCUT2D eigenvalue weighted by atomic mass is 16.5. The van der Waals surface area contributed by atoms with Gasteiger partial charge in [-0.05, 0) is 43.0 Å². The van der Waals surface area contributed by atoms with Crippen molar-refractivity contribution in [3.8, 4) is 0 Å². The maximum Gasteiger partial charge on any atom is 0.128 e. The molecule has 106 valence electrons. The van der Waals surface area contributed by atoms with Gasteiger partial charge in [-0.3, -0.25) is 0 Å². The van der Waals surface area contributed by atoms with Gasteiger partial charge >= 0.3 is 0 Å². The minimum absolute atomic E-state index is 0.714. The van der Waals surface area contributed by atoms with Crippen LogP contribution in [-0.4, -0.2) is 38.3 Å². The van der Waals surface area contributed by atoms with Gasteiger partial charge in [0.2, 0.25) is 0 Å². The van der Waals surface area contributed by atoms with Crippen molar-refractivity contribution in [2.24, 2.45) is 5.92 Å². The van der Waals surface area contributed by atoms with Gasteiger partial charge in [0, 0.05) is 39.5 Å². The van der Waals surface area contributed by atoms with Crippen molar-refractivity contribution in [1.82, 2.24) is 10.3 Å². The fourth-order valence-electron chi connectivity index (χ4n) is 2.58. The number of anilines is 1. The molecule has 0 unspecified atom stereocenters. The van der Waals surface area contributed by atoms with Crippen LogP contribution in [0.3, 0.4) is 0 Å². The average molecular weight is 263 g/mol. The summed E-state index contributed by atoms with van der Waals surface area (Å²) in [5, 5.41) is 3.36. The van der Waals surface area contributed by atoms with E-state index >= 15 is 0 Å². The average Bonchev–Trinajstić information content (AvgIpc) is 2.46. The third-order valence-corrected chi connectivity index (χ3v) is 3.73. The third kappa shape index (κ3) is 4.18. The van der Waals surface area contributed by atoms with E-state index in [9.17, 15) is 0 Å². The van der Waals surface area contributed by atoms with Crippen LogP contribution in [0, 0.1) is 5.92 Å². The second-order valence-electron chi connectivity index (χ2n) is 5.19. The topological polar surface area (TPSA) is 37.4 Å². The summed E-state index contributed by atoms with van der Waals surface area (Å²) in [6, 6.07) is 4.29. The van der Waals surface area contributed by atoms with E-state index in [0.29, 0.717) is 5.92 Å². The molecule has 1 N–H and O–H groups in total. The molecular formula is C15H25N3O. The SMILES string of the molecule is CCNCc1ccnc(N2CCC(COC)CC2)c1. The van der Waals surface area contributed by atoms with Gasteiger partial charge < -0.3 is 15.0 Å². The number of piperidine rings is 1. The van der Waals surface area contributed by atoms with Crippen LogP contribution < -0.4 is 10.2 Å². The molecule has 1 fully saturated rings. The smallest absolute Gasteiger partial charge is 0.128 e. The first-order chi connectivity index (χ1) is 9.33. The largest absolute Gasteiger partial charge is 0.384 e. The van der Waals surface area contributed by atoms with Crippen molar-refractivity contribution in [2.75, 3.05) is 38.3 Å². The van der Waals surface area contributed by atoms with E-state index in [-0.39, 0.29) is 0 Å². The Bertz CT molecular complexity index is 375. The summed E-state index contributed by atoms with van der Waals surface area (Å²) in [6.07, 6.45) is 4.32. The first kappa shape index (κ1) is 14.3. The lowest BCUT2D eigenvalue weighted by atomic mass is 9.98. The Morgan fingerprint density at radius 3 is 2.89 bits per heavy atom. The van der Waals surface area contributed by atoms with Gasteiger partial charge in [0.25, 0.3) is 0 Å². The molecule has 0 bridgehead atoms. The fraction of sp³-hybridized carbons (Fsp3) is 0.667. The van der Waals surface area contributed by atoms with Crippen molar-refractivity contribution < 1.29 is 4.74 Å². The standard InChI is InChI=1S/C15H25N3O/c1-3-16-11-14-4-7-17-15(10-14)18-8-5-13(6-9-18)12-19-2/h4,7,10,13,16H,3,5-6,8-9,11-12H2,1-2H3. The second-order valence-corrected chi connectivity index (χ2v) is 5.19. The molecule has 0 saturated carbocycles. The highest BCUT2D eigenvalue weighted by Crippen LogP contribution is 2.22. The van der Waals surface area contributed by atoms with E-state index in [1.807, 2.05) is 6.20 Å². The van der Waals surface area contributed by atoms with Crippen LogP contribution in [0.1, 0.15) is 25.3 Å². The lowest BCUT2D eigenvalue weighted by Crippen LogP contribution is -2.35. The molecule has 1 aromatic rings. The maximum absolute atomic E-state index is 5.24. The van der Waals surface area contributed by atoms with Crippen LogP contribution in [0.15, 0.2) is 18.3 Å². The second kappa shape index (κ2) is 7.46. The summed E-state index contributed by atoms with van der Waals surface area (Å²) in [5.41, 5.74) is 1.31. The highest BCUT2D eigenvalue weighted by molar-refractivity contribution is 5.41. The Morgan fingerprint density at radius 2 is 2.21 bits per heavy atom. The van der Waals surface area contributed by atoms with E-state index in [4.69, 9.17) is 4.74 Å². The Balaban J connectivity index is 1.91. The molecule has 1 saturated heterocycles. The zero-order valence-electron chi connectivity index (χ0n) is 12.1. The van der Waals surface area contributed by atoms with Gasteiger partial charge in [-0.2, -0.15) is 0 Å². The quantitative estimate of drug-likeness (QED) is 0.852. The van der Waals surface area contributed by atoms with Crippen LogP contribution in [0.2, 0.25) is 0 Å². The maximum atomic E-state index is 5.24. The Labute approximate surface area is 116 Å². The van der Waals surface area contributed by atoms with Crippen molar-refractivity contribution >= 4 is 5.82 Å². The monoisotopic (exact) mass is 263 g/mol. The fourth-order valence-corrected chi connectivity index (χ4v) is 2.58. The van der Waals surface area contributed by atoms with Crippen LogP contribution in [0.5, 0.6) is 0 Å². The van der Waals surface area contributed by atoms with E-state index in [0.717, 1.165) is 38.6 Å². The van der Waals surface area contributed by atoms with Crippen LogP contribution >= 0.6 is 0 Å². The molecular weight excluding hydrogens is 238 g/mol. The minimum Gasteiger partial charge on any atom is -0.384 e. The van der Waals surface area contributed by atoms with Crippen molar-refractivity contribution in [1.29, 1.82) is 0 Å². The van der Waals surface area contributed by atoms with Crippen molar-refractivity contribution in [2.45, 2.75) is 26.3 Å². The molecule has 19 heavy (non-hydrogen) atoms. The summed E-state index contributed by atoms with van der Waals surface area (Å²) in [7, 11) is 1.79. The van der Waals surface area contributed by atoms with E-state index in [1.54, 1.807) is 7.11 Å².